The van der Waals surface area contributed by atoms with E-state index in [-0.39, 0.29) is 24.1 Å². The van der Waals surface area contributed by atoms with E-state index in [4.69, 9.17) is 0 Å². The van der Waals surface area contributed by atoms with Gasteiger partial charge in [-0.2, -0.15) is 26.3 Å². The Morgan fingerprint density at radius 2 is 0.639 bits per heavy atom. The Hall–Kier alpha value is -6.96. The van der Waals surface area contributed by atoms with Gasteiger partial charge in [0.15, 0.2) is 69.8 Å². The lowest BCUT2D eigenvalue weighted by molar-refractivity contribution is -0.144. The van der Waals surface area contributed by atoms with Crippen LogP contribution in [-0.4, -0.2) is 6.15 Å². The van der Waals surface area contributed by atoms with Crippen LogP contribution in [0.15, 0.2) is 30.3 Å². The number of hydrogen-bond acceptors (Lipinski definition) is 0. The molecular formula is C45H12BF26-. The molecule has 1 aliphatic rings. The normalized spacial score (nSPS) is 13.1. The van der Waals surface area contributed by atoms with E-state index < -0.39 is 196 Å². The van der Waals surface area contributed by atoms with Crippen LogP contribution in [0.3, 0.4) is 0 Å². The quantitative estimate of drug-likeness (QED) is 0.0885. The third kappa shape index (κ3) is 6.79. The maximum atomic E-state index is 17.2. The zero-order valence-electron chi connectivity index (χ0n) is 34.2. The van der Waals surface area contributed by atoms with E-state index in [9.17, 15) is 26.3 Å². The Morgan fingerprint density at radius 3 is 0.958 bits per heavy atom. The van der Waals surface area contributed by atoms with Crippen LogP contribution in [0.5, 0.6) is 0 Å². The number of alkyl halides is 6. The minimum absolute atomic E-state index is 0.0557. The third-order valence-electron chi connectivity index (χ3n) is 12.4. The average Bonchev–Trinajstić information content (AvgIpc) is 3.28. The van der Waals surface area contributed by atoms with Gasteiger partial charge in [0.05, 0.1) is 16.7 Å². The van der Waals surface area contributed by atoms with E-state index in [0.29, 0.717) is 17.5 Å². The van der Waals surface area contributed by atoms with Gasteiger partial charge in [-0.05, 0) is 47.2 Å². The lowest BCUT2D eigenvalue weighted by atomic mass is 9.12. The van der Waals surface area contributed by atoms with Crippen LogP contribution in [0.25, 0.3) is 33.0 Å². The smallest absolute Gasteiger partial charge is 0.207 e. The highest BCUT2D eigenvalue weighted by Gasteiger charge is 2.55. The van der Waals surface area contributed by atoms with Crippen LogP contribution in [0, 0.1) is 123 Å². The van der Waals surface area contributed by atoms with Crippen molar-refractivity contribution in [3.05, 3.63) is 174 Å². The van der Waals surface area contributed by atoms with Gasteiger partial charge in [-0.15, -0.1) is 21.9 Å². The number of fused-ring (bicyclic) bond motifs is 3. The molecule has 0 fully saturated rings. The first kappa shape index (κ1) is 51.4. The fourth-order valence-corrected chi connectivity index (χ4v) is 9.20. The molecule has 0 N–H and O–H groups in total. The highest BCUT2D eigenvalue weighted by Crippen LogP contribution is 2.45. The molecule has 0 bridgehead atoms. The van der Waals surface area contributed by atoms with Gasteiger partial charge in [-0.3, -0.25) is 0 Å². The molecule has 27 heteroatoms. The molecule has 0 unspecified atom stereocenters. The summed E-state index contributed by atoms with van der Waals surface area (Å²) in [5.74, 6) is -74.7. The van der Waals surface area contributed by atoms with Gasteiger partial charge in [0.25, 0.3) is 0 Å². The predicted octanol–water partition coefficient (Wildman–Crippen LogP) is 12.8. The Morgan fingerprint density at radius 1 is 0.347 bits per heavy atom. The molecule has 378 valence electrons. The minimum Gasteiger partial charge on any atom is -0.207 e. The number of halogens is 26. The zero-order chi connectivity index (χ0) is 53.7. The summed E-state index contributed by atoms with van der Waals surface area (Å²) >= 11 is 0. The molecule has 7 aromatic rings. The largest absolute Gasteiger partial charge is 0.422 e. The molecule has 0 heterocycles. The fourth-order valence-electron chi connectivity index (χ4n) is 9.20. The van der Waals surface area contributed by atoms with E-state index in [0.717, 1.165) is 12.1 Å². The van der Waals surface area contributed by atoms with Gasteiger partial charge in [0.1, 0.15) is 63.8 Å². The van der Waals surface area contributed by atoms with Gasteiger partial charge in [-0.25, -0.2) is 87.8 Å². The summed E-state index contributed by atoms with van der Waals surface area (Å²) in [5.41, 5.74) is -33.5. The monoisotopic (exact) mass is 1060 g/mol. The van der Waals surface area contributed by atoms with E-state index in [1.54, 1.807) is 0 Å². The zero-order valence-corrected chi connectivity index (χ0v) is 34.2. The predicted molar refractivity (Wildman–Crippen MR) is 200 cm³/mol. The van der Waals surface area contributed by atoms with Crippen molar-refractivity contribution in [2.45, 2.75) is 32.1 Å². The molecule has 0 nitrogen and oxygen atoms in total. The summed E-state index contributed by atoms with van der Waals surface area (Å²) in [5, 5.41) is 0.0667. The van der Waals surface area contributed by atoms with Gasteiger partial charge in [-0.1, -0.05) is 30.3 Å². The first-order chi connectivity index (χ1) is 33.3. The van der Waals surface area contributed by atoms with Crippen LogP contribution < -0.4 is 21.9 Å². The topological polar surface area (TPSA) is 0 Å². The maximum absolute atomic E-state index is 17.2. The van der Waals surface area contributed by atoms with Gasteiger partial charge < -0.3 is 0 Å². The van der Waals surface area contributed by atoms with Crippen molar-refractivity contribution in [2.24, 2.45) is 0 Å². The van der Waals surface area contributed by atoms with Crippen LogP contribution in [0.4, 0.5) is 114 Å². The van der Waals surface area contributed by atoms with Gasteiger partial charge in [0, 0.05) is 5.56 Å². The second kappa shape index (κ2) is 16.8. The molecule has 0 atom stereocenters. The molecule has 72 heavy (non-hydrogen) atoms. The Bertz CT molecular complexity index is 3350. The van der Waals surface area contributed by atoms with E-state index in [1.165, 1.54) is 18.2 Å². The number of hydrogen-bond donors (Lipinski definition) is 0. The molecule has 7 aromatic carbocycles. The fraction of sp³-hybridized carbons (Fsp3) is 0.111. The molecule has 0 aromatic heterocycles. The lowest BCUT2D eigenvalue weighted by Crippen LogP contribution is -2.81. The standard InChI is InChI=1S/C45H12BF26/c1-9-24(47)36(59)20(37(60)25(9)48)46(22-40(63)32(55)18(44(67,68)69)33(56)41(22)64,23-42(65)34(57)19(45(70,71)72)35(58)43(23)66)21-38(61)30(53)17(31(54)39(21)62)16-28(51)26(49)15(27(50)29(16)52)14-8-10-6-7-11(10)12-4-2-3-5-13(12)14/h2-5,8H,6-7H2,1H3/q-1. The molecule has 8 rings (SSSR count). The Kier molecular flexibility index (Phi) is 12.0. The number of aryl methyl sites for hydroxylation is 2. The molecule has 0 saturated carbocycles. The molecule has 0 amide bonds. The van der Waals surface area contributed by atoms with Crippen molar-refractivity contribution in [1.82, 2.24) is 0 Å². The van der Waals surface area contributed by atoms with Crippen molar-refractivity contribution in [3.63, 3.8) is 0 Å². The lowest BCUT2D eigenvalue weighted by Gasteiger charge is -2.45. The van der Waals surface area contributed by atoms with Crippen LogP contribution in [-0.2, 0) is 25.2 Å². The van der Waals surface area contributed by atoms with E-state index in [2.05, 4.69) is 0 Å². The van der Waals surface area contributed by atoms with E-state index in [1.807, 2.05) is 0 Å². The van der Waals surface area contributed by atoms with Gasteiger partial charge >= 0.3 is 12.4 Å². The molecule has 0 aliphatic heterocycles. The maximum Gasteiger partial charge on any atom is 0.422 e. The average molecular weight is 1060 g/mol. The Labute approximate surface area is 381 Å². The summed E-state index contributed by atoms with van der Waals surface area (Å²) in [6, 6.07) is 6.18. The summed E-state index contributed by atoms with van der Waals surface area (Å²) in [6.45, 7) is -0.0557. The first-order valence-electron chi connectivity index (χ1n) is 19.4. The second-order valence-corrected chi connectivity index (χ2v) is 15.9. The van der Waals surface area contributed by atoms with Crippen molar-refractivity contribution in [1.29, 1.82) is 0 Å². The highest BCUT2D eigenvalue weighted by atomic mass is 19.4. The van der Waals surface area contributed by atoms with Crippen LogP contribution in [0.1, 0.15) is 27.8 Å². The van der Waals surface area contributed by atoms with Crippen LogP contribution >= 0.6 is 0 Å². The highest BCUT2D eigenvalue weighted by molar-refractivity contribution is 7.20. The van der Waals surface area contributed by atoms with Crippen molar-refractivity contribution >= 4 is 38.8 Å². The van der Waals surface area contributed by atoms with Crippen molar-refractivity contribution in [3.8, 4) is 22.3 Å². The first-order valence-corrected chi connectivity index (χ1v) is 19.4. The summed E-state index contributed by atoms with van der Waals surface area (Å²) in [7, 11) is 0. The second-order valence-electron chi connectivity index (χ2n) is 15.9. The van der Waals surface area contributed by atoms with E-state index >= 15 is 87.8 Å². The molecule has 0 spiro atoms. The molecule has 1 aliphatic carbocycles. The number of benzene rings is 7. The number of rotatable bonds is 6. The third-order valence-corrected chi connectivity index (χ3v) is 12.4. The van der Waals surface area contributed by atoms with Gasteiger partial charge in [0.2, 0.25) is 0 Å². The molecule has 0 radical (unpaired) electrons. The SMILES string of the molecule is Cc1c(F)c(F)c([B-](c2c(F)c(F)c(-c3c(F)c(F)c(-c4cc5c(c6ccccc46)CC5)c(F)c3F)c(F)c2F)(c2c(F)c(F)c(C(F)(F)F)c(F)c2F)c2c(F)c(F)c(C(F)(F)F)c(F)c2F)c(F)c1F. The van der Waals surface area contributed by atoms with Crippen LogP contribution in [0.2, 0.25) is 0 Å². The van der Waals surface area contributed by atoms with Crippen molar-refractivity contribution < 1.29 is 114 Å². The minimum atomic E-state index is -7.87. The molecule has 0 saturated heterocycles. The van der Waals surface area contributed by atoms with Crippen molar-refractivity contribution in [2.75, 3.05) is 0 Å². The summed E-state index contributed by atoms with van der Waals surface area (Å²) in [6.07, 6.45) is -20.9. The summed E-state index contributed by atoms with van der Waals surface area (Å²) < 4.78 is 408. The Balaban J connectivity index is 1.64. The summed E-state index contributed by atoms with van der Waals surface area (Å²) in [4.78, 5) is 0. The molecular weight excluding hydrogens is 1050 g/mol.